The predicted molar refractivity (Wildman–Crippen MR) is 87.2 cm³/mol. The largest absolute Gasteiger partial charge is 0.350 e. The third-order valence-electron chi connectivity index (χ3n) is 4.41. The number of hydrogen-bond acceptors (Lipinski definition) is 1. The first kappa shape index (κ1) is 16.2. The number of benzene rings is 1. The summed E-state index contributed by atoms with van der Waals surface area (Å²) in [5, 5.41) is 3.04. The average Bonchev–Trinajstić information content (AvgIpc) is 2.45. The first-order valence-electron chi connectivity index (χ1n) is 7.41. The van der Waals surface area contributed by atoms with Crippen LogP contribution in [0.3, 0.4) is 0 Å². The highest BCUT2D eigenvalue weighted by Crippen LogP contribution is 2.29. The monoisotopic (exact) mass is 353 g/mol. The highest BCUT2D eigenvalue weighted by molar-refractivity contribution is 9.10. The third kappa shape index (κ3) is 4.40. The molecule has 1 N–H and O–H groups in total. The van der Waals surface area contributed by atoms with Gasteiger partial charge in [0.15, 0.2) is 0 Å². The summed E-state index contributed by atoms with van der Waals surface area (Å²) in [5.74, 6) is 0.636. The van der Waals surface area contributed by atoms with Gasteiger partial charge >= 0.3 is 0 Å². The van der Waals surface area contributed by atoms with Crippen molar-refractivity contribution in [3.05, 3.63) is 40.1 Å². The molecule has 1 saturated carbocycles. The lowest BCUT2D eigenvalue weighted by atomic mass is 9.78. The average molecular weight is 354 g/mol. The summed E-state index contributed by atoms with van der Waals surface area (Å²) in [6, 6.07) is 4.90. The van der Waals surface area contributed by atoms with Crippen LogP contribution in [0.4, 0.5) is 4.39 Å². The Hall–Kier alpha value is -1.16. The molecular weight excluding hydrogens is 333 g/mol. The standard InChI is InChI=1S/C17H21BrFNO/c1-11-4-3-5-16(12(11)2)20-17(21)9-6-13-10-14(18)7-8-15(13)19/h6-12,16H,3-5H2,1-2H3,(H,20,21)/b9-6+/t11-,12-,16-/m1/s1. The van der Waals surface area contributed by atoms with Gasteiger partial charge < -0.3 is 5.32 Å². The summed E-state index contributed by atoms with van der Waals surface area (Å²) in [5.41, 5.74) is 0.407. The zero-order valence-corrected chi connectivity index (χ0v) is 14.0. The zero-order chi connectivity index (χ0) is 15.4. The molecule has 1 aromatic carbocycles. The molecule has 2 nitrogen and oxygen atoms in total. The van der Waals surface area contributed by atoms with Crippen LogP contribution in [-0.4, -0.2) is 11.9 Å². The van der Waals surface area contributed by atoms with Gasteiger partial charge in [-0.3, -0.25) is 4.79 Å². The number of rotatable bonds is 3. The second kappa shape index (κ2) is 7.21. The van der Waals surface area contributed by atoms with Crippen LogP contribution in [0.15, 0.2) is 28.7 Å². The first-order chi connectivity index (χ1) is 9.97. The van der Waals surface area contributed by atoms with Gasteiger partial charge in [0.05, 0.1) is 0 Å². The Labute approximate surface area is 133 Å². The Morgan fingerprint density at radius 2 is 2.14 bits per heavy atom. The van der Waals surface area contributed by atoms with Crippen molar-refractivity contribution in [3.63, 3.8) is 0 Å². The van der Waals surface area contributed by atoms with E-state index in [2.05, 4.69) is 35.1 Å². The van der Waals surface area contributed by atoms with E-state index in [-0.39, 0.29) is 17.8 Å². The quantitative estimate of drug-likeness (QED) is 0.794. The minimum Gasteiger partial charge on any atom is -0.350 e. The molecule has 3 atom stereocenters. The van der Waals surface area contributed by atoms with Gasteiger partial charge in [-0.15, -0.1) is 0 Å². The number of hydrogen-bond donors (Lipinski definition) is 1. The number of amides is 1. The molecule has 0 heterocycles. The van der Waals surface area contributed by atoms with Crippen LogP contribution in [-0.2, 0) is 4.79 Å². The van der Waals surface area contributed by atoms with Crippen molar-refractivity contribution in [2.24, 2.45) is 11.8 Å². The Morgan fingerprint density at radius 1 is 1.38 bits per heavy atom. The number of nitrogens with one attached hydrogen (secondary N) is 1. The Morgan fingerprint density at radius 3 is 2.90 bits per heavy atom. The summed E-state index contributed by atoms with van der Waals surface area (Å²) in [6.45, 7) is 4.42. The molecule has 1 aromatic rings. The van der Waals surface area contributed by atoms with Crippen LogP contribution in [0.2, 0.25) is 0 Å². The van der Waals surface area contributed by atoms with Crippen molar-refractivity contribution in [1.82, 2.24) is 5.32 Å². The molecule has 1 fully saturated rings. The molecule has 0 radical (unpaired) electrons. The molecule has 0 saturated heterocycles. The van der Waals surface area contributed by atoms with E-state index in [9.17, 15) is 9.18 Å². The van der Waals surface area contributed by atoms with Crippen LogP contribution in [0, 0.1) is 17.7 Å². The molecule has 0 spiro atoms. The lowest BCUT2D eigenvalue weighted by Gasteiger charge is -2.34. The number of halogens is 2. The van der Waals surface area contributed by atoms with Crippen molar-refractivity contribution >= 4 is 27.9 Å². The molecule has 4 heteroatoms. The van der Waals surface area contributed by atoms with E-state index < -0.39 is 0 Å². The SMILES string of the molecule is C[C@@H]1[C@H](C)CCC[C@H]1NC(=O)/C=C/c1cc(Br)ccc1F. The van der Waals surface area contributed by atoms with Gasteiger partial charge in [-0.1, -0.05) is 42.6 Å². The van der Waals surface area contributed by atoms with Crippen molar-refractivity contribution in [2.45, 2.75) is 39.2 Å². The predicted octanol–water partition coefficient (Wildman–Crippen LogP) is 4.54. The second-order valence-corrected chi connectivity index (χ2v) is 6.80. The van der Waals surface area contributed by atoms with Crippen molar-refractivity contribution < 1.29 is 9.18 Å². The minimum atomic E-state index is -0.332. The number of carbonyl (C=O) groups is 1. The molecule has 0 aromatic heterocycles. The van der Waals surface area contributed by atoms with Crippen LogP contribution in [0.5, 0.6) is 0 Å². The molecule has 0 aliphatic heterocycles. The minimum absolute atomic E-state index is 0.152. The lowest BCUT2D eigenvalue weighted by molar-refractivity contribution is -0.117. The van der Waals surface area contributed by atoms with Gasteiger partial charge in [0, 0.05) is 22.2 Å². The van der Waals surface area contributed by atoms with Crippen LogP contribution < -0.4 is 5.32 Å². The smallest absolute Gasteiger partial charge is 0.244 e. The maximum atomic E-state index is 13.6. The molecule has 114 valence electrons. The maximum absolute atomic E-state index is 13.6. The van der Waals surface area contributed by atoms with Gasteiger partial charge in [0.2, 0.25) is 5.91 Å². The Bertz CT molecular complexity index is 544. The maximum Gasteiger partial charge on any atom is 0.244 e. The van der Waals surface area contributed by atoms with Crippen LogP contribution in [0.1, 0.15) is 38.7 Å². The first-order valence-corrected chi connectivity index (χ1v) is 8.20. The fourth-order valence-electron chi connectivity index (χ4n) is 2.82. The van der Waals surface area contributed by atoms with Gasteiger partial charge in [-0.25, -0.2) is 4.39 Å². The Kier molecular flexibility index (Phi) is 5.57. The lowest BCUT2D eigenvalue weighted by Crippen LogP contribution is -2.43. The van der Waals surface area contributed by atoms with Gasteiger partial charge in [0.1, 0.15) is 5.82 Å². The molecule has 1 aliphatic rings. The van der Waals surface area contributed by atoms with Crippen LogP contribution >= 0.6 is 15.9 Å². The van der Waals surface area contributed by atoms with E-state index >= 15 is 0 Å². The zero-order valence-electron chi connectivity index (χ0n) is 12.4. The van der Waals surface area contributed by atoms with Crippen molar-refractivity contribution in [2.75, 3.05) is 0 Å². The molecule has 21 heavy (non-hydrogen) atoms. The molecular formula is C17H21BrFNO. The number of carbonyl (C=O) groups excluding carboxylic acids is 1. The fraction of sp³-hybridized carbons (Fsp3) is 0.471. The summed E-state index contributed by atoms with van der Waals surface area (Å²) < 4.78 is 14.4. The second-order valence-electron chi connectivity index (χ2n) is 5.88. The van der Waals surface area contributed by atoms with Crippen molar-refractivity contribution in [1.29, 1.82) is 0 Å². The molecule has 1 amide bonds. The third-order valence-corrected chi connectivity index (χ3v) is 4.90. The van der Waals surface area contributed by atoms with Gasteiger partial charge in [-0.2, -0.15) is 0 Å². The van der Waals surface area contributed by atoms with Gasteiger partial charge in [0.25, 0.3) is 0 Å². The summed E-state index contributed by atoms with van der Waals surface area (Å²) >= 11 is 3.30. The van der Waals surface area contributed by atoms with E-state index in [0.29, 0.717) is 17.4 Å². The van der Waals surface area contributed by atoms with Crippen LogP contribution in [0.25, 0.3) is 6.08 Å². The molecule has 1 aliphatic carbocycles. The normalized spacial score (nSPS) is 26.0. The van der Waals surface area contributed by atoms with E-state index in [1.165, 1.54) is 24.6 Å². The highest BCUT2D eigenvalue weighted by Gasteiger charge is 2.27. The summed E-state index contributed by atoms with van der Waals surface area (Å²) in [4.78, 5) is 12.0. The van der Waals surface area contributed by atoms with Crippen molar-refractivity contribution in [3.8, 4) is 0 Å². The van der Waals surface area contributed by atoms with E-state index in [0.717, 1.165) is 17.3 Å². The highest BCUT2D eigenvalue weighted by atomic mass is 79.9. The van der Waals surface area contributed by atoms with Gasteiger partial charge in [-0.05, 0) is 42.5 Å². The van der Waals surface area contributed by atoms with E-state index in [1.54, 1.807) is 12.1 Å². The molecule has 0 bridgehead atoms. The summed E-state index contributed by atoms with van der Waals surface area (Å²) in [6.07, 6.45) is 6.34. The Balaban J connectivity index is 1.98. The fourth-order valence-corrected chi connectivity index (χ4v) is 3.20. The topological polar surface area (TPSA) is 29.1 Å². The molecule has 0 unspecified atom stereocenters. The molecule has 2 rings (SSSR count). The van der Waals surface area contributed by atoms with E-state index in [1.807, 2.05) is 0 Å². The van der Waals surface area contributed by atoms with E-state index in [4.69, 9.17) is 0 Å². The summed E-state index contributed by atoms with van der Waals surface area (Å²) in [7, 11) is 0.